The highest BCUT2D eigenvalue weighted by atomic mass is 16.5. The molecule has 5 nitrogen and oxygen atoms in total. The van der Waals surface area contributed by atoms with Crippen LogP contribution in [-0.4, -0.2) is 29.7 Å². The SMILES string of the molecule is CCOC(=O)c1cnc(Cc2ccc(OC)cc2)[nH]1. The van der Waals surface area contributed by atoms with Gasteiger partial charge in [-0.15, -0.1) is 0 Å². The Labute approximate surface area is 111 Å². The van der Waals surface area contributed by atoms with Crippen molar-refractivity contribution in [2.75, 3.05) is 13.7 Å². The van der Waals surface area contributed by atoms with Gasteiger partial charge in [0.1, 0.15) is 17.3 Å². The Morgan fingerprint density at radius 3 is 2.68 bits per heavy atom. The van der Waals surface area contributed by atoms with Crippen LogP contribution in [0.5, 0.6) is 5.75 Å². The highest BCUT2D eigenvalue weighted by molar-refractivity contribution is 5.86. The first-order valence-corrected chi connectivity index (χ1v) is 6.07. The van der Waals surface area contributed by atoms with Gasteiger partial charge in [0.25, 0.3) is 0 Å². The predicted molar refractivity (Wildman–Crippen MR) is 70.3 cm³/mol. The third kappa shape index (κ3) is 3.34. The number of imidazole rings is 1. The van der Waals surface area contributed by atoms with Crippen molar-refractivity contribution in [2.24, 2.45) is 0 Å². The van der Waals surface area contributed by atoms with Crippen LogP contribution in [0.3, 0.4) is 0 Å². The molecule has 2 rings (SSSR count). The molecule has 5 heteroatoms. The number of aromatic amines is 1. The minimum Gasteiger partial charge on any atom is -0.497 e. The van der Waals surface area contributed by atoms with E-state index in [-0.39, 0.29) is 5.97 Å². The fraction of sp³-hybridized carbons (Fsp3) is 0.286. The van der Waals surface area contributed by atoms with Gasteiger partial charge in [0.05, 0.1) is 19.9 Å². The summed E-state index contributed by atoms with van der Waals surface area (Å²) in [6.45, 7) is 2.12. The summed E-state index contributed by atoms with van der Waals surface area (Å²) in [5, 5.41) is 0. The number of ether oxygens (including phenoxy) is 2. The Kier molecular flexibility index (Phi) is 4.18. The maximum absolute atomic E-state index is 11.5. The Morgan fingerprint density at radius 1 is 1.32 bits per heavy atom. The molecule has 0 spiro atoms. The van der Waals surface area contributed by atoms with E-state index in [9.17, 15) is 4.79 Å². The van der Waals surface area contributed by atoms with Crippen LogP contribution in [0, 0.1) is 0 Å². The van der Waals surface area contributed by atoms with Crippen LogP contribution in [0.2, 0.25) is 0 Å². The molecule has 0 unspecified atom stereocenters. The lowest BCUT2D eigenvalue weighted by molar-refractivity contribution is 0.0520. The molecule has 1 heterocycles. The fourth-order valence-corrected chi connectivity index (χ4v) is 1.70. The molecule has 100 valence electrons. The van der Waals surface area contributed by atoms with Gasteiger partial charge in [-0.1, -0.05) is 12.1 Å². The second-order valence-electron chi connectivity index (χ2n) is 3.99. The van der Waals surface area contributed by atoms with Gasteiger partial charge in [0, 0.05) is 6.42 Å². The van der Waals surface area contributed by atoms with Crippen molar-refractivity contribution in [1.82, 2.24) is 9.97 Å². The molecule has 0 saturated heterocycles. The Hall–Kier alpha value is -2.30. The Bertz CT molecular complexity index is 546. The van der Waals surface area contributed by atoms with Crippen molar-refractivity contribution in [1.29, 1.82) is 0 Å². The van der Waals surface area contributed by atoms with Gasteiger partial charge in [-0.2, -0.15) is 0 Å². The van der Waals surface area contributed by atoms with E-state index in [1.54, 1.807) is 14.0 Å². The summed E-state index contributed by atoms with van der Waals surface area (Å²) >= 11 is 0. The summed E-state index contributed by atoms with van der Waals surface area (Å²) < 4.78 is 9.99. The highest BCUT2D eigenvalue weighted by Gasteiger charge is 2.10. The average Bonchev–Trinajstić information content (AvgIpc) is 2.88. The first-order chi connectivity index (χ1) is 9.22. The first kappa shape index (κ1) is 13.1. The topological polar surface area (TPSA) is 64.2 Å². The maximum Gasteiger partial charge on any atom is 0.356 e. The van der Waals surface area contributed by atoms with Crippen LogP contribution < -0.4 is 4.74 Å². The summed E-state index contributed by atoms with van der Waals surface area (Å²) in [6.07, 6.45) is 2.13. The predicted octanol–water partition coefficient (Wildman–Crippen LogP) is 2.19. The minimum atomic E-state index is -0.379. The molecule has 0 saturated carbocycles. The van der Waals surface area contributed by atoms with Crippen LogP contribution in [0.15, 0.2) is 30.5 Å². The summed E-state index contributed by atoms with van der Waals surface area (Å²) in [4.78, 5) is 18.6. The monoisotopic (exact) mass is 260 g/mol. The molecule has 0 radical (unpaired) electrons. The lowest BCUT2D eigenvalue weighted by Gasteiger charge is -2.01. The Balaban J connectivity index is 2.04. The zero-order chi connectivity index (χ0) is 13.7. The third-order valence-electron chi connectivity index (χ3n) is 2.65. The average molecular weight is 260 g/mol. The van der Waals surface area contributed by atoms with Gasteiger partial charge < -0.3 is 14.5 Å². The molecule has 0 bridgehead atoms. The van der Waals surface area contributed by atoms with Gasteiger partial charge >= 0.3 is 5.97 Å². The lowest BCUT2D eigenvalue weighted by atomic mass is 10.1. The molecule has 0 fully saturated rings. The van der Waals surface area contributed by atoms with Gasteiger partial charge in [-0.25, -0.2) is 9.78 Å². The van der Waals surface area contributed by atoms with E-state index in [2.05, 4.69) is 9.97 Å². The zero-order valence-electron chi connectivity index (χ0n) is 11.0. The molecule has 1 aromatic carbocycles. The van der Waals surface area contributed by atoms with E-state index in [0.29, 0.717) is 18.7 Å². The largest absolute Gasteiger partial charge is 0.497 e. The molecule has 0 aliphatic heterocycles. The number of nitrogens with one attached hydrogen (secondary N) is 1. The molecule has 0 aliphatic carbocycles. The second kappa shape index (κ2) is 6.04. The van der Waals surface area contributed by atoms with E-state index >= 15 is 0 Å². The van der Waals surface area contributed by atoms with Gasteiger partial charge in [-0.05, 0) is 24.6 Å². The number of hydrogen-bond donors (Lipinski definition) is 1. The minimum absolute atomic E-state index is 0.353. The summed E-state index contributed by atoms with van der Waals surface area (Å²) in [5.41, 5.74) is 1.47. The number of carbonyl (C=O) groups is 1. The van der Waals surface area contributed by atoms with Crippen molar-refractivity contribution in [2.45, 2.75) is 13.3 Å². The number of methoxy groups -OCH3 is 1. The number of nitrogens with zero attached hydrogens (tertiary/aromatic N) is 1. The summed E-state index contributed by atoms with van der Waals surface area (Å²) in [6, 6.07) is 7.71. The lowest BCUT2D eigenvalue weighted by Crippen LogP contribution is -2.05. The normalized spacial score (nSPS) is 10.2. The molecule has 0 amide bonds. The van der Waals surface area contributed by atoms with E-state index in [1.807, 2.05) is 24.3 Å². The first-order valence-electron chi connectivity index (χ1n) is 6.07. The van der Waals surface area contributed by atoms with Crippen LogP contribution in [0.25, 0.3) is 0 Å². The maximum atomic E-state index is 11.5. The number of H-pyrrole nitrogens is 1. The molecule has 1 N–H and O–H groups in total. The molecule has 0 aliphatic rings. The summed E-state index contributed by atoms with van der Waals surface area (Å²) in [5.74, 6) is 1.17. The van der Waals surface area contributed by atoms with Crippen LogP contribution >= 0.6 is 0 Å². The number of aromatic nitrogens is 2. The van der Waals surface area contributed by atoms with Gasteiger partial charge in [-0.3, -0.25) is 0 Å². The smallest absolute Gasteiger partial charge is 0.356 e. The number of carbonyl (C=O) groups excluding carboxylic acids is 1. The number of benzene rings is 1. The molecular weight excluding hydrogens is 244 g/mol. The molecule has 0 atom stereocenters. The Morgan fingerprint density at radius 2 is 2.05 bits per heavy atom. The number of esters is 1. The number of hydrogen-bond acceptors (Lipinski definition) is 4. The van der Waals surface area contributed by atoms with E-state index in [0.717, 1.165) is 17.1 Å². The highest BCUT2D eigenvalue weighted by Crippen LogP contribution is 2.13. The van der Waals surface area contributed by atoms with E-state index < -0.39 is 0 Å². The standard InChI is InChI=1S/C14H16N2O3/c1-3-19-14(17)12-9-15-13(16-12)8-10-4-6-11(18-2)7-5-10/h4-7,9H,3,8H2,1-2H3,(H,15,16). The van der Waals surface area contributed by atoms with Crippen molar-refractivity contribution < 1.29 is 14.3 Å². The molecular formula is C14H16N2O3. The van der Waals surface area contributed by atoms with Gasteiger partial charge in [0.2, 0.25) is 0 Å². The van der Waals surface area contributed by atoms with Crippen molar-refractivity contribution in [3.63, 3.8) is 0 Å². The molecule has 1 aromatic heterocycles. The zero-order valence-corrected chi connectivity index (χ0v) is 11.0. The van der Waals surface area contributed by atoms with Crippen LogP contribution in [-0.2, 0) is 11.2 Å². The number of rotatable bonds is 5. The van der Waals surface area contributed by atoms with Crippen LogP contribution in [0.4, 0.5) is 0 Å². The van der Waals surface area contributed by atoms with Gasteiger partial charge in [0.15, 0.2) is 0 Å². The fourth-order valence-electron chi connectivity index (χ4n) is 1.70. The van der Waals surface area contributed by atoms with Crippen molar-refractivity contribution >= 4 is 5.97 Å². The molecule has 19 heavy (non-hydrogen) atoms. The van der Waals surface area contributed by atoms with Crippen molar-refractivity contribution in [3.8, 4) is 5.75 Å². The summed E-state index contributed by atoms with van der Waals surface area (Å²) in [7, 11) is 1.63. The van der Waals surface area contributed by atoms with Crippen LogP contribution in [0.1, 0.15) is 28.8 Å². The molecule has 2 aromatic rings. The third-order valence-corrected chi connectivity index (χ3v) is 2.65. The van der Waals surface area contributed by atoms with E-state index in [4.69, 9.17) is 9.47 Å². The van der Waals surface area contributed by atoms with Crippen molar-refractivity contribution in [3.05, 3.63) is 47.5 Å². The second-order valence-corrected chi connectivity index (χ2v) is 3.99. The quantitative estimate of drug-likeness (QED) is 0.837. The van der Waals surface area contributed by atoms with E-state index in [1.165, 1.54) is 6.20 Å².